The second-order valence-electron chi connectivity index (χ2n) is 4.04. The van der Waals surface area contributed by atoms with Gasteiger partial charge >= 0.3 is 6.18 Å². The van der Waals surface area contributed by atoms with Gasteiger partial charge in [-0.1, -0.05) is 6.92 Å². The Morgan fingerprint density at radius 3 is 2.61 bits per heavy atom. The van der Waals surface area contributed by atoms with Gasteiger partial charge in [-0.15, -0.1) is 0 Å². The Hall–Kier alpha value is -1.74. The van der Waals surface area contributed by atoms with Crippen molar-refractivity contribution in [1.82, 2.24) is 0 Å². The predicted molar refractivity (Wildman–Crippen MR) is 60.9 cm³/mol. The summed E-state index contributed by atoms with van der Waals surface area (Å²) in [7, 11) is 0. The van der Waals surface area contributed by atoms with Crippen LogP contribution in [0.2, 0.25) is 0 Å². The molecule has 0 aromatic heterocycles. The van der Waals surface area contributed by atoms with Crippen LogP contribution in [0, 0.1) is 17.2 Å². The number of alkyl halides is 3. The molecule has 0 aliphatic carbocycles. The molecule has 1 aromatic carbocycles. The molecule has 1 aromatic rings. The Labute approximate surface area is 103 Å². The number of nitrogens with zero attached hydrogens (tertiary/aromatic N) is 1. The summed E-state index contributed by atoms with van der Waals surface area (Å²) >= 11 is 0. The number of benzene rings is 1. The monoisotopic (exact) mass is 258 g/mol. The zero-order chi connectivity index (χ0) is 13.8. The number of hydrogen-bond acceptors (Lipinski definition) is 3. The molecular formula is C12H13F3N2O. The van der Waals surface area contributed by atoms with E-state index >= 15 is 0 Å². The maximum atomic E-state index is 12.5. The highest BCUT2D eigenvalue weighted by Gasteiger charge is 2.33. The van der Waals surface area contributed by atoms with Crippen LogP contribution >= 0.6 is 0 Å². The fourth-order valence-corrected chi connectivity index (χ4v) is 1.35. The smallest absolute Gasteiger partial charge is 0.396 e. The van der Waals surface area contributed by atoms with E-state index in [0.717, 1.165) is 12.1 Å². The van der Waals surface area contributed by atoms with E-state index in [1.807, 2.05) is 0 Å². The highest BCUT2D eigenvalue weighted by molar-refractivity contribution is 5.53. The van der Waals surface area contributed by atoms with E-state index in [2.05, 4.69) is 5.32 Å². The predicted octanol–water partition coefficient (Wildman–Crippen LogP) is 2.62. The molecule has 1 unspecified atom stereocenters. The molecule has 1 atom stereocenters. The fourth-order valence-electron chi connectivity index (χ4n) is 1.35. The van der Waals surface area contributed by atoms with Gasteiger partial charge in [0.2, 0.25) is 0 Å². The molecule has 0 aliphatic rings. The van der Waals surface area contributed by atoms with E-state index in [4.69, 9.17) is 10.4 Å². The van der Waals surface area contributed by atoms with Gasteiger partial charge in [0.05, 0.1) is 17.2 Å². The van der Waals surface area contributed by atoms with E-state index in [1.165, 1.54) is 12.1 Å². The molecule has 0 amide bonds. The summed E-state index contributed by atoms with van der Waals surface area (Å²) in [5.74, 6) is -0.0159. The van der Waals surface area contributed by atoms with Crippen LogP contribution in [0.4, 0.5) is 18.9 Å². The van der Waals surface area contributed by atoms with E-state index in [1.54, 1.807) is 6.92 Å². The first-order valence-corrected chi connectivity index (χ1v) is 5.34. The van der Waals surface area contributed by atoms with Crippen molar-refractivity contribution < 1.29 is 18.3 Å². The van der Waals surface area contributed by atoms with Crippen LogP contribution in [-0.4, -0.2) is 18.3 Å². The molecule has 98 valence electrons. The topological polar surface area (TPSA) is 56.0 Å². The van der Waals surface area contributed by atoms with E-state index in [9.17, 15) is 13.2 Å². The molecule has 0 heterocycles. The zero-order valence-electron chi connectivity index (χ0n) is 9.75. The molecule has 3 nitrogen and oxygen atoms in total. The molecule has 0 spiro atoms. The Kier molecular flexibility index (Phi) is 4.56. The molecule has 0 saturated carbocycles. The first-order chi connectivity index (χ1) is 8.38. The summed E-state index contributed by atoms with van der Waals surface area (Å²) in [6.07, 6.45) is -4.53. The van der Waals surface area contributed by atoms with Crippen molar-refractivity contribution in [2.24, 2.45) is 5.92 Å². The molecule has 0 saturated heterocycles. The maximum Gasteiger partial charge on any atom is 0.417 e. The molecule has 1 rings (SSSR count). The number of anilines is 1. The number of halogens is 3. The van der Waals surface area contributed by atoms with Crippen molar-refractivity contribution in [2.75, 3.05) is 18.5 Å². The van der Waals surface area contributed by atoms with Gasteiger partial charge in [0.25, 0.3) is 0 Å². The summed E-state index contributed by atoms with van der Waals surface area (Å²) in [5.41, 5.74) is -0.922. The Balaban J connectivity index is 2.90. The molecule has 18 heavy (non-hydrogen) atoms. The van der Waals surface area contributed by atoms with Crippen LogP contribution in [0.25, 0.3) is 0 Å². The summed E-state index contributed by atoms with van der Waals surface area (Å²) in [6.45, 7) is 2.20. The lowest BCUT2D eigenvalue weighted by molar-refractivity contribution is -0.137. The number of rotatable bonds is 4. The molecule has 2 N–H and O–H groups in total. The lowest BCUT2D eigenvalue weighted by Crippen LogP contribution is -2.15. The number of aliphatic hydroxyl groups is 1. The van der Waals surface area contributed by atoms with Gasteiger partial charge in [0.15, 0.2) is 0 Å². The average molecular weight is 258 g/mol. The van der Waals surface area contributed by atoms with Crippen LogP contribution in [0.5, 0.6) is 0 Å². The Morgan fingerprint density at radius 2 is 2.11 bits per heavy atom. The van der Waals surface area contributed by atoms with E-state index < -0.39 is 17.3 Å². The lowest BCUT2D eigenvalue weighted by atomic mass is 10.1. The zero-order valence-corrected chi connectivity index (χ0v) is 9.75. The SMILES string of the molecule is CC(CO)CNc1ccc(C(F)(F)F)c(C#N)c1. The third-order valence-corrected chi connectivity index (χ3v) is 2.41. The van der Waals surface area contributed by atoms with E-state index in [0.29, 0.717) is 12.2 Å². The van der Waals surface area contributed by atoms with Gasteiger partial charge in [0, 0.05) is 18.8 Å². The third kappa shape index (κ3) is 3.64. The number of aliphatic hydroxyl groups excluding tert-OH is 1. The van der Waals surface area contributed by atoms with E-state index in [-0.39, 0.29) is 12.5 Å². The van der Waals surface area contributed by atoms with Crippen LogP contribution in [0.1, 0.15) is 18.1 Å². The number of nitriles is 1. The van der Waals surface area contributed by atoms with Crippen LogP contribution < -0.4 is 5.32 Å². The van der Waals surface area contributed by atoms with Crippen molar-refractivity contribution in [1.29, 1.82) is 5.26 Å². The second-order valence-corrected chi connectivity index (χ2v) is 4.04. The quantitative estimate of drug-likeness (QED) is 0.872. The van der Waals surface area contributed by atoms with Gasteiger partial charge in [-0.25, -0.2) is 0 Å². The molecule has 6 heteroatoms. The van der Waals surface area contributed by atoms with Crippen LogP contribution in [0.15, 0.2) is 18.2 Å². The van der Waals surface area contributed by atoms with Crippen LogP contribution in [0.3, 0.4) is 0 Å². The van der Waals surface area contributed by atoms with Crippen molar-refractivity contribution in [3.05, 3.63) is 29.3 Å². The van der Waals surface area contributed by atoms with Gasteiger partial charge in [-0.2, -0.15) is 18.4 Å². The summed E-state index contributed by atoms with van der Waals surface area (Å²) in [4.78, 5) is 0. The molecule has 0 fully saturated rings. The van der Waals surface area contributed by atoms with Gasteiger partial charge in [-0.3, -0.25) is 0 Å². The lowest BCUT2D eigenvalue weighted by Gasteiger charge is -2.13. The first-order valence-electron chi connectivity index (χ1n) is 5.34. The molecular weight excluding hydrogens is 245 g/mol. The summed E-state index contributed by atoms with van der Waals surface area (Å²) < 4.78 is 37.6. The van der Waals surface area contributed by atoms with Crippen molar-refractivity contribution in [3.63, 3.8) is 0 Å². The molecule has 0 bridgehead atoms. The second kappa shape index (κ2) is 5.74. The van der Waals surface area contributed by atoms with Crippen molar-refractivity contribution in [2.45, 2.75) is 13.1 Å². The fraction of sp³-hybridized carbons (Fsp3) is 0.417. The maximum absolute atomic E-state index is 12.5. The van der Waals surface area contributed by atoms with Gasteiger partial charge < -0.3 is 10.4 Å². The minimum absolute atomic E-state index is 0.0151. The number of hydrogen-bond donors (Lipinski definition) is 2. The van der Waals surface area contributed by atoms with Crippen molar-refractivity contribution >= 4 is 5.69 Å². The standard InChI is InChI=1S/C12H13F3N2O/c1-8(7-18)6-17-10-2-3-11(12(13,14)15)9(4-10)5-16/h2-4,8,17-18H,6-7H2,1H3. The molecule has 0 aliphatic heterocycles. The third-order valence-electron chi connectivity index (χ3n) is 2.41. The molecule has 0 radical (unpaired) electrons. The normalized spacial score (nSPS) is 12.9. The largest absolute Gasteiger partial charge is 0.417 e. The average Bonchev–Trinajstić information content (AvgIpc) is 2.34. The Bertz CT molecular complexity index is 452. The summed E-state index contributed by atoms with van der Waals surface area (Å²) in [6, 6.07) is 4.85. The highest BCUT2D eigenvalue weighted by atomic mass is 19.4. The first kappa shape index (κ1) is 14.3. The summed E-state index contributed by atoms with van der Waals surface area (Å²) in [5, 5.41) is 20.4. The van der Waals surface area contributed by atoms with Gasteiger partial charge in [-0.05, 0) is 24.1 Å². The van der Waals surface area contributed by atoms with Crippen LogP contribution in [-0.2, 0) is 6.18 Å². The van der Waals surface area contributed by atoms with Crippen molar-refractivity contribution in [3.8, 4) is 6.07 Å². The minimum atomic E-state index is -4.53. The number of nitrogens with one attached hydrogen (secondary N) is 1. The van der Waals surface area contributed by atoms with Gasteiger partial charge in [0.1, 0.15) is 0 Å². The highest BCUT2D eigenvalue weighted by Crippen LogP contribution is 2.32. The Morgan fingerprint density at radius 1 is 1.44 bits per heavy atom. The minimum Gasteiger partial charge on any atom is -0.396 e.